The smallest absolute Gasteiger partial charge is 0.412 e. The molecule has 1 aliphatic heterocycles. The standard InChI is InChI=1S/C23H31N5O6/c1-6-9-17(20(31)26-28(18(29)7-2)14-15-11-12-24-19(15)30)27-13-8-10-16(21(27)32)25-22(33)34-23(3,4)5/h1,8,10,13,15,17H,7,9,11-12,14H2,2-5H3,(H,24,30)(H,25,33)(H,26,31)/t15-,17-/m0/s1. The summed E-state index contributed by atoms with van der Waals surface area (Å²) in [6.45, 7) is 7.18. The second-order valence-electron chi connectivity index (χ2n) is 8.80. The predicted octanol–water partition coefficient (Wildman–Crippen LogP) is 1.17. The SMILES string of the molecule is C#CC[C@@H](C(=O)NN(C[C@@H]1CCNC1=O)C(=O)CC)n1cccc(NC(=O)OC(C)(C)C)c1=O. The Labute approximate surface area is 198 Å². The molecule has 2 atom stereocenters. The Kier molecular flexibility index (Phi) is 8.83. The molecule has 2 heterocycles. The topological polar surface area (TPSA) is 139 Å². The second-order valence-corrected chi connectivity index (χ2v) is 8.80. The van der Waals surface area contributed by atoms with E-state index in [4.69, 9.17) is 11.2 Å². The number of terminal acetylenes is 1. The van der Waals surface area contributed by atoms with Gasteiger partial charge in [0.05, 0.1) is 12.5 Å². The molecule has 34 heavy (non-hydrogen) atoms. The number of ether oxygens (including phenoxy) is 1. The van der Waals surface area contributed by atoms with Crippen LogP contribution in [0.25, 0.3) is 0 Å². The lowest BCUT2D eigenvalue weighted by Gasteiger charge is -2.27. The highest BCUT2D eigenvalue weighted by atomic mass is 16.6. The highest BCUT2D eigenvalue weighted by Gasteiger charge is 2.31. The maximum Gasteiger partial charge on any atom is 0.412 e. The normalized spacial score (nSPS) is 16.1. The van der Waals surface area contributed by atoms with Gasteiger partial charge in [-0.05, 0) is 39.3 Å². The molecule has 2 rings (SSSR count). The minimum Gasteiger partial charge on any atom is -0.444 e. The summed E-state index contributed by atoms with van der Waals surface area (Å²) >= 11 is 0. The summed E-state index contributed by atoms with van der Waals surface area (Å²) in [6, 6.07) is 1.68. The zero-order valence-corrected chi connectivity index (χ0v) is 19.8. The lowest BCUT2D eigenvalue weighted by atomic mass is 10.1. The third-order valence-electron chi connectivity index (χ3n) is 4.97. The van der Waals surface area contributed by atoms with Crippen LogP contribution in [0.15, 0.2) is 23.1 Å². The number of carbonyl (C=O) groups is 4. The Morgan fingerprint density at radius 1 is 1.35 bits per heavy atom. The molecule has 0 radical (unpaired) electrons. The Bertz CT molecular complexity index is 1040. The molecule has 1 fully saturated rings. The van der Waals surface area contributed by atoms with Crippen molar-refractivity contribution in [3.8, 4) is 12.3 Å². The van der Waals surface area contributed by atoms with Crippen LogP contribution in [0.5, 0.6) is 0 Å². The molecule has 11 nitrogen and oxygen atoms in total. The van der Waals surface area contributed by atoms with Crippen LogP contribution < -0.4 is 21.6 Å². The number of aromatic nitrogens is 1. The molecule has 11 heteroatoms. The number of amides is 4. The molecule has 0 bridgehead atoms. The fraction of sp³-hybridized carbons (Fsp3) is 0.522. The lowest BCUT2D eigenvalue weighted by Crippen LogP contribution is -2.51. The molecule has 184 valence electrons. The summed E-state index contributed by atoms with van der Waals surface area (Å²) in [6.07, 6.45) is 6.46. The molecule has 3 N–H and O–H groups in total. The van der Waals surface area contributed by atoms with E-state index in [-0.39, 0.29) is 36.9 Å². The third-order valence-corrected chi connectivity index (χ3v) is 4.97. The Hall–Kier alpha value is -3.81. The summed E-state index contributed by atoms with van der Waals surface area (Å²) in [7, 11) is 0. The van der Waals surface area contributed by atoms with E-state index in [2.05, 4.69) is 22.0 Å². The fourth-order valence-electron chi connectivity index (χ4n) is 3.34. The average molecular weight is 474 g/mol. The van der Waals surface area contributed by atoms with Gasteiger partial charge in [-0.1, -0.05) is 6.92 Å². The van der Waals surface area contributed by atoms with Crippen LogP contribution in [0.1, 0.15) is 53.0 Å². The zero-order valence-electron chi connectivity index (χ0n) is 19.8. The van der Waals surface area contributed by atoms with Gasteiger partial charge in [-0.3, -0.25) is 34.9 Å². The van der Waals surface area contributed by atoms with E-state index in [0.29, 0.717) is 13.0 Å². The van der Waals surface area contributed by atoms with Crippen molar-refractivity contribution in [1.82, 2.24) is 20.3 Å². The van der Waals surface area contributed by atoms with Crippen molar-refractivity contribution in [2.24, 2.45) is 5.92 Å². The van der Waals surface area contributed by atoms with Gasteiger partial charge < -0.3 is 14.6 Å². The van der Waals surface area contributed by atoms with Gasteiger partial charge in [-0.2, -0.15) is 0 Å². The molecule has 1 aromatic rings. The van der Waals surface area contributed by atoms with Gasteiger partial charge in [0.25, 0.3) is 11.5 Å². The van der Waals surface area contributed by atoms with E-state index in [0.717, 1.165) is 9.58 Å². The van der Waals surface area contributed by atoms with Crippen molar-refractivity contribution in [3.63, 3.8) is 0 Å². The van der Waals surface area contributed by atoms with Gasteiger partial charge in [0.2, 0.25) is 11.8 Å². The number of nitrogens with zero attached hydrogens (tertiary/aromatic N) is 2. The van der Waals surface area contributed by atoms with Crippen LogP contribution in [-0.2, 0) is 19.1 Å². The van der Waals surface area contributed by atoms with Crippen molar-refractivity contribution < 1.29 is 23.9 Å². The van der Waals surface area contributed by atoms with E-state index in [1.165, 1.54) is 18.3 Å². The third kappa shape index (κ3) is 7.10. The number of carbonyl (C=O) groups excluding carboxylic acids is 4. The molecule has 1 aliphatic rings. The molecule has 0 unspecified atom stereocenters. The molecule has 0 aliphatic carbocycles. The molecule has 4 amide bonds. The van der Waals surface area contributed by atoms with Crippen molar-refractivity contribution in [1.29, 1.82) is 0 Å². The first-order chi connectivity index (χ1) is 16.0. The zero-order chi connectivity index (χ0) is 25.5. The van der Waals surface area contributed by atoms with E-state index in [1.807, 2.05) is 0 Å². The number of hydrazine groups is 1. The quantitative estimate of drug-likeness (QED) is 0.401. The largest absolute Gasteiger partial charge is 0.444 e. The molecule has 0 spiro atoms. The molecule has 1 saturated heterocycles. The maximum atomic E-state index is 13.1. The molecule has 1 aromatic heterocycles. The number of hydrogen-bond donors (Lipinski definition) is 3. The summed E-state index contributed by atoms with van der Waals surface area (Å²) in [5.74, 6) is 0.627. The Morgan fingerprint density at radius 2 is 2.06 bits per heavy atom. The van der Waals surface area contributed by atoms with Crippen molar-refractivity contribution >= 4 is 29.5 Å². The Balaban J connectivity index is 2.26. The highest BCUT2D eigenvalue weighted by molar-refractivity contribution is 5.86. The number of rotatable bonds is 7. The van der Waals surface area contributed by atoms with E-state index in [9.17, 15) is 24.0 Å². The summed E-state index contributed by atoms with van der Waals surface area (Å²) in [5, 5.41) is 6.16. The highest BCUT2D eigenvalue weighted by Crippen LogP contribution is 2.15. The molecule has 0 aromatic carbocycles. The molecular weight excluding hydrogens is 442 g/mol. The number of pyridine rings is 1. The maximum absolute atomic E-state index is 13.1. The second kappa shape index (κ2) is 11.4. The monoisotopic (exact) mass is 473 g/mol. The molecular formula is C23H31N5O6. The average Bonchev–Trinajstić information content (AvgIpc) is 3.15. The van der Waals surface area contributed by atoms with Gasteiger partial charge in [0.1, 0.15) is 17.3 Å². The van der Waals surface area contributed by atoms with Crippen molar-refractivity contribution in [2.75, 3.05) is 18.4 Å². The van der Waals surface area contributed by atoms with Crippen LogP contribution in [0.4, 0.5) is 10.5 Å². The minimum absolute atomic E-state index is 0.00214. The van der Waals surface area contributed by atoms with Crippen LogP contribution in [0.3, 0.4) is 0 Å². The van der Waals surface area contributed by atoms with Crippen LogP contribution in [0, 0.1) is 18.3 Å². The van der Waals surface area contributed by atoms with Crippen LogP contribution >= 0.6 is 0 Å². The van der Waals surface area contributed by atoms with Crippen molar-refractivity contribution in [3.05, 3.63) is 28.7 Å². The summed E-state index contributed by atoms with van der Waals surface area (Å²) < 4.78 is 6.25. The van der Waals surface area contributed by atoms with E-state index < -0.39 is 35.1 Å². The number of hydrogen-bond acceptors (Lipinski definition) is 6. The Morgan fingerprint density at radius 3 is 2.62 bits per heavy atom. The van der Waals surface area contributed by atoms with Gasteiger partial charge in [-0.25, -0.2) is 4.79 Å². The van der Waals surface area contributed by atoms with E-state index in [1.54, 1.807) is 27.7 Å². The van der Waals surface area contributed by atoms with Crippen molar-refractivity contribution in [2.45, 2.75) is 58.6 Å². The first-order valence-electron chi connectivity index (χ1n) is 11.0. The summed E-state index contributed by atoms with van der Waals surface area (Å²) in [5.41, 5.74) is 0.971. The van der Waals surface area contributed by atoms with E-state index >= 15 is 0 Å². The number of anilines is 1. The first kappa shape index (κ1) is 26.4. The predicted molar refractivity (Wildman–Crippen MR) is 124 cm³/mol. The van der Waals surface area contributed by atoms with Gasteiger partial charge in [0, 0.05) is 25.6 Å². The first-order valence-corrected chi connectivity index (χ1v) is 11.0. The van der Waals surface area contributed by atoms with Gasteiger partial charge in [0.15, 0.2) is 0 Å². The fourth-order valence-corrected chi connectivity index (χ4v) is 3.34. The van der Waals surface area contributed by atoms with Gasteiger partial charge >= 0.3 is 6.09 Å². The van der Waals surface area contributed by atoms with Gasteiger partial charge in [-0.15, -0.1) is 12.3 Å². The molecule has 0 saturated carbocycles. The summed E-state index contributed by atoms with van der Waals surface area (Å²) in [4.78, 5) is 62.6. The minimum atomic E-state index is -1.16. The lowest BCUT2D eigenvalue weighted by molar-refractivity contribution is -0.144. The number of nitrogens with one attached hydrogen (secondary N) is 3. The van der Waals surface area contributed by atoms with Crippen LogP contribution in [0.2, 0.25) is 0 Å². The van der Waals surface area contributed by atoms with Crippen LogP contribution in [-0.4, -0.2) is 52.1 Å².